The van der Waals surface area contributed by atoms with Gasteiger partial charge in [-0.1, -0.05) is 12.8 Å². The SMILES string of the molecule is COC(=O)c1cn(C(=O)OC(C)(C)C)c2nccc(N(C)OC(=O)C3CCCC3)c12. The van der Waals surface area contributed by atoms with Gasteiger partial charge in [0, 0.05) is 19.4 Å². The maximum absolute atomic E-state index is 12.7. The van der Waals surface area contributed by atoms with Crippen LogP contribution < -0.4 is 5.06 Å². The molecular weight excluding hydrogens is 390 g/mol. The van der Waals surface area contributed by atoms with Crippen LogP contribution in [0.4, 0.5) is 10.5 Å². The van der Waals surface area contributed by atoms with Crippen LogP contribution in [0.3, 0.4) is 0 Å². The highest BCUT2D eigenvalue weighted by molar-refractivity contribution is 6.10. The van der Waals surface area contributed by atoms with Crippen LogP contribution in [0.1, 0.15) is 56.8 Å². The molecule has 0 radical (unpaired) electrons. The molecule has 1 saturated carbocycles. The summed E-state index contributed by atoms with van der Waals surface area (Å²) in [6, 6.07) is 1.61. The van der Waals surface area contributed by atoms with Crippen LogP contribution >= 0.6 is 0 Å². The number of ether oxygens (including phenoxy) is 2. The number of methoxy groups -OCH3 is 1. The Hall–Kier alpha value is -3.10. The van der Waals surface area contributed by atoms with Crippen molar-refractivity contribution < 1.29 is 28.7 Å². The predicted molar refractivity (Wildman–Crippen MR) is 109 cm³/mol. The van der Waals surface area contributed by atoms with Gasteiger partial charge >= 0.3 is 18.0 Å². The number of anilines is 1. The summed E-state index contributed by atoms with van der Waals surface area (Å²) in [4.78, 5) is 47.3. The summed E-state index contributed by atoms with van der Waals surface area (Å²) >= 11 is 0. The first kappa shape index (κ1) is 21.6. The lowest BCUT2D eigenvalue weighted by Gasteiger charge is -2.21. The molecule has 0 unspecified atom stereocenters. The van der Waals surface area contributed by atoms with Crippen molar-refractivity contribution in [1.29, 1.82) is 0 Å². The van der Waals surface area contributed by atoms with Crippen molar-refractivity contribution in [1.82, 2.24) is 9.55 Å². The third-order valence-corrected chi connectivity index (χ3v) is 4.91. The smallest absolute Gasteiger partial charge is 0.420 e. The van der Waals surface area contributed by atoms with Crippen LogP contribution in [0.2, 0.25) is 0 Å². The van der Waals surface area contributed by atoms with Gasteiger partial charge in [-0.3, -0.25) is 0 Å². The molecule has 3 rings (SSSR count). The molecule has 2 aromatic rings. The highest BCUT2D eigenvalue weighted by Crippen LogP contribution is 2.32. The summed E-state index contributed by atoms with van der Waals surface area (Å²) in [5.41, 5.74) is -0.00479. The predicted octanol–water partition coefficient (Wildman–Crippen LogP) is 3.69. The number of pyridine rings is 1. The van der Waals surface area contributed by atoms with Gasteiger partial charge in [-0.15, -0.1) is 0 Å². The average Bonchev–Trinajstić information content (AvgIpc) is 3.33. The van der Waals surface area contributed by atoms with Crippen LogP contribution in [0, 0.1) is 5.92 Å². The fraction of sp³-hybridized carbons (Fsp3) is 0.524. The summed E-state index contributed by atoms with van der Waals surface area (Å²) in [7, 11) is 2.83. The van der Waals surface area contributed by atoms with Gasteiger partial charge in [0.1, 0.15) is 5.60 Å². The summed E-state index contributed by atoms with van der Waals surface area (Å²) in [5, 5.41) is 1.63. The highest BCUT2D eigenvalue weighted by atomic mass is 16.7. The molecule has 0 aliphatic heterocycles. The zero-order valence-corrected chi connectivity index (χ0v) is 17.9. The molecule has 0 spiro atoms. The second-order valence-corrected chi connectivity index (χ2v) is 8.30. The fourth-order valence-corrected chi connectivity index (χ4v) is 3.53. The van der Waals surface area contributed by atoms with Crippen molar-refractivity contribution >= 4 is 34.8 Å². The van der Waals surface area contributed by atoms with Crippen LogP contribution in [0.25, 0.3) is 11.0 Å². The molecule has 1 aliphatic rings. The molecular formula is C21H27N3O6. The molecule has 2 aromatic heterocycles. The third-order valence-electron chi connectivity index (χ3n) is 4.91. The molecule has 162 valence electrons. The van der Waals surface area contributed by atoms with Gasteiger partial charge in [-0.25, -0.2) is 29.0 Å². The molecule has 9 nitrogen and oxygen atoms in total. The molecule has 1 aliphatic carbocycles. The van der Waals surface area contributed by atoms with E-state index >= 15 is 0 Å². The molecule has 0 bridgehead atoms. The maximum Gasteiger partial charge on any atom is 0.420 e. The van der Waals surface area contributed by atoms with Gasteiger partial charge in [-0.2, -0.15) is 0 Å². The Morgan fingerprint density at radius 1 is 1.20 bits per heavy atom. The Morgan fingerprint density at radius 3 is 2.47 bits per heavy atom. The van der Waals surface area contributed by atoms with Crippen LogP contribution in [-0.4, -0.2) is 47.3 Å². The number of carbonyl (C=O) groups is 3. The zero-order chi connectivity index (χ0) is 22.1. The fourth-order valence-electron chi connectivity index (χ4n) is 3.53. The monoisotopic (exact) mass is 417 g/mol. The van der Waals surface area contributed by atoms with E-state index in [0.717, 1.165) is 30.3 Å². The van der Waals surface area contributed by atoms with E-state index in [4.69, 9.17) is 14.3 Å². The van der Waals surface area contributed by atoms with E-state index in [1.165, 1.54) is 24.6 Å². The van der Waals surface area contributed by atoms with E-state index < -0.39 is 17.7 Å². The highest BCUT2D eigenvalue weighted by Gasteiger charge is 2.29. The molecule has 0 amide bonds. The summed E-state index contributed by atoms with van der Waals surface area (Å²) in [5.74, 6) is -1.09. The molecule has 1 fully saturated rings. The molecule has 30 heavy (non-hydrogen) atoms. The Balaban J connectivity index is 2.03. The van der Waals surface area contributed by atoms with E-state index in [1.54, 1.807) is 33.9 Å². The molecule has 0 atom stereocenters. The van der Waals surface area contributed by atoms with Gasteiger partial charge in [0.05, 0.1) is 29.7 Å². The minimum atomic E-state index is -0.732. The van der Waals surface area contributed by atoms with E-state index in [9.17, 15) is 14.4 Å². The number of aromatic nitrogens is 2. The van der Waals surface area contributed by atoms with Gasteiger partial charge in [0.2, 0.25) is 0 Å². The first-order valence-corrected chi connectivity index (χ1v) is 9.89. The van der Waals surface area contributed by atoms with Crippen LogP contribution in [0.15, 0.2) is 18.5 Å². The minimum absolute atomic E-state index is 0.116. The number of carbonyl (C=O) groups excluding carboxylic acids is 3. The lowest BCUT2D eigenvalue weighted by Crippen LogP contribution is -2.27. The topological polar surface area (TPSA) is 100.0 Å². The number of esters is 1. The third kappa shape index (κ3) is 4.39. The Morgan fingerprint density at radius 2 is 1.87 bits per heavy atom. The first-order valence-electron chi connectivity index (χ1n) is 9.89. The molecule has 9 heteroatoms. The summed E-state index contributed by atoms with van der Waals surface area (Å²) < 4.78 is 11.5. The molecule has 0 N–H and O–H groups in total. The van der Waals surface area contributed by atoms with Gasteiger partial charge in [-0.05, 0) is 39.7 Å². The quantitative estimate of drug-likeness (QED) is 0.548. The van der Waals surface area contributed by atoms with Crippen molar-refractivity contribution in [2.45, 2.75) is 52.1 Å². The minimum Gasteiger partial charge on any atom is -0.465 e. The lowest BCUT2D eigenvalue weighted by atomic mass is 10.1. The number of fused-ring (bicyclic) bond motifs is 1. The van der Waals surface area contributed by atoms with Crippen molar-refractivity contribution in [2.75, 3.05) is 19.2 Å². The van der Waals surface area contributed by atoms with E-state index in [-0.39, 0.29) is 23.1 Å². The maximum atomic E-state index is 12.7. The molecule has 0 saturated heterocycles. The summed E-state index contributed by atoms with van der Waals surface area (Å²) in [6.45, 7) is 5.23. The van der Waals surface area contributed by atoms with Crippen LogP contribution in [0.5, 0.6) is 0 Å². The molecule has 0 aromatic carbocycles. The van der Waals surface area contributed by atoms with Gasteiger partial charge < -0.3 is 14.3 Å². The number of hydrogen-bond donors (Lipinski definition) is 0. The molecule has 2 heterocycles. The number of rotatable bonds is 4. The number of nitrogens with zero attached hydrogens (tertiary/aromatic N) is 3. The van der Waals surface area contributed by atoms with E-state index in [1.807, 2.05) is 0 Å². The van der Waals surface area contributed by atoms with E-state index in [0.29, 0.717) is 11.1 Å². The normalized spacial score (nSPS) is 14.6. The van der Waals surface area contributed by atoms with Crippen molar-refractivity contribution in [3.8, 4) is 0 Å². The standard InChI is InChI=1S/C21H27N3O6/c1-21(2,3)29-20(27)24-12-14(19(26)28-5)16-15(10-11-22-17(16)24)23(4)30-18(25)13-8-6-7-9-13/h10-13H,6-9H2,1-5H3. The lowest BCUT2D eigenvalue weighted by molar-refractivity contribution is -0.149. The Bertz CT molecular complexity index is 969. The van der Waals surface area contributed by atoms with Gasteiger partial charge in [0.15, 0.2) is 5.65 Å². The Kier molecular flexibility index (Phi) is 6.00. The second kappa shape index (κ2) is 8.33. The number of hydrogen-bond acceptors (Lipinski definition) is 8. The van der Waals surface area contributed by atoms with Crippen molar-refractivity contribution in [3.05, 3.63) is 24.0 Å². The van der Waals surface area contributed by atoms with Gasteiger partial charge in [0.25, 0.3) is 0 Å². The number of hydroxylamine groups is 1. The zero-order valence-electron chi connectivity index (χ0n) is 17.9. The first-order chi connectivity index (χ1) is 14.1. The Labute approximate surface area is 174 Å². The largest absolute Gasteiger partial charge is 0.465 e. The van der Waals surface area contributed by atoms with Crippen molar-refractivity contribution in [3.63, 3.8) is 0 Å². The van der Waals surface area contributed by atoms with Crippen molar-refractivity contribution in [2.24, 2.45) is 5.92 Å². The average molecular weight is 417 g/mol. The van der Waals surface area contributed by atoms with E-state index in [2.05, 4.69) is 4.98 Å². The van der Waals surface area contributed by atoms with Crippen LogP contribution in [-0.2, 0) is 19.1 Å². The summed E-state index contributed by atoms with van der Waals surface area (Å²) in [6.07, 6.45) is 5.75. The second-order valence-electron chi connectivity index (χ2n) is 8.30.